The van der Waals surface area contributed by atoms with Crippen LogP contribution in [0.2, 0.25) is 0 Å². The van der Waals surface area contributed by atoms with Gasteiger partial charge in [-0.2, -0.15) is 5.26 Å². The maximum atomic E-state index is 11.4. The Hall–Kier alpha value is -2.36. The van der Waals surface area contributed by atoms with Crippen molar-refractivity contribution in [2.45, 2.75) is 13.3 Å². The van der Waals surface area contributed by atoms with Crippen molar-refractivity contribution in [2.24, 2.45) is 0 Å². The molecule has 0 heterocycles. The first-order valence-corrected chi connectivity index (χ1v) is 4.89. The Balaban J connectivity index is 4.27. The molecule has 0 aliphatic carbocycles. The van der Waals surface area contributed by atoms with Crippen LogP contribution in [0.1, 0.15) is 13.3 Å². The van der Waals surface area contributed by atoms with Crippen LogP contribution < -0.4 is 5.32 Å². The van der Waals surface area contributed by atoms with E-state index in [1.165, 1.54) is 4.90 Å². The predicted octanol–water partition coefficient (Wildman–Crippen LogP) is 0.0990. The Kier molecular flexibility index (Phi) is 6.78. The van der Waals surface area contributed by atoms with Crippen molar-refractivity contribution < 1.29 is 19.5 Å². The average Bonchev–Trinajstić information content (AvgIpc) is 2.27. The van der Waals surface area contributed by atoms with Crippen LogP contribution in [0.15, 0.2) is 12.2 Å². The van der Waals surface area contributed by atoms with E-state index >= 15 is 0 Å². The highest BCUT2D eigenvalue weighted by Gasteiger charge is 2.12. The molecule has 0 radical (unpaired) electrons. The maximum absolute atomic E-state index is 11.4. The molecule has 0 aliphatic heterocycles. The number of nitriles is 1. The number of carbonyl (C=O) groups is 3. The van der Waals surface area contributed by atoms with Gasteiger partial charge in [-0.25, -0.2) is 9.59 Å². The van der Waals surface area contributed by atoms with Crippen molar-refractivity contribution in [3.8, 4) is 6.07 Å². The molecule has 0 aromatic carbocycles. The van der Waals surface area contributed by atoms with Crippen LogP contribution >= 0.6 is 0 Å². The highest BCUT2D eigenvalue weighted by atomic mass is 16.4. The summed E-state index contributed by atoms with van der Waals surface area (Å²) in [6, 6.07) is 1.23. The van der Waals surface area contributed by atoms with Gasteiger partial charge in [0.05, 0.1) is 12.5 Å². The van der Waals surface area contributed by atoms with Crippen molar-refractivity contribution in [2.75, 3.05) is 13.1 Å². The summed E-state index contributed by atoms with van der Waals surface area (Å²) < 4.78 is 0. The number of carbonyl (C=O) groups excluding carboxylic acids is 2. The van der Waals surface area contributed by atoms with E-state index in [1.807, 2.05) is 11.4 Å². The number of nitrogens with zero attached hydrogens (tertiary/aromatic N) is 2. The molecule has 2 N–H and O–H groups in total. The molecule has 7 heteroatoms. The fraction of sp³-hybridized carbons (Fsp3) is 0.400. The number of carboxylic acids is 1. The van der Waals surface area contributed by atoms with E-state index in [0.29, 0.717) is 12.6 Å². The van der Waals surface area contributed by atoms with Crippen molar-refractivity contribution in [1.29, 1.82) is 5.26 Å². The molecule has 0 atom stereocenters. The SMILES string of the molecule is CCN(CCC#N)C(=O)NC(=O)/C=C/C(=O)O. The molecule has 0 unspecified atom stereocenters. The van der Waals surface area contributed by atoms with Crippen LogP contribution in [0.3, 0.4) is 0 Å². The fourth-order valence-electron chi connectivity index (χ4n) is 0.961. The van der Waals surface area contributed by atoms with E-state index in [-0.39, 0.29) is 13.0 Å². The van der Waals surface area contributed by atoms with Crippen molar-refractivity contribution in [3.05, 3.63) is 12.2 Å². The van der Waals surface area contributed by atoms with E-state index < -0.39 is 17.9 Å². The molecule has 0 aromatic rings. The second-order valence-corrected chi connectivity index (χ2v) is 2.95. The Bertz CT molecular complexity index is 370. The van der Waals surface area contributed by atoms with Crippen molar-refractivity contribution in [1.82, 2.24) is 10.2 Å². The number of hydrogen-bond acceptors (Lipinski definition) is 4. The zero-order chi connectivity index (χ0) is 13.3. The molecule has 0 aromatic heterocycles. The summed E-state index contributed by atoms with van der Waals surface area (Å²) in [6.07, 6.45) is 1.55. The molecule has 3 amide bonds. The Morgan fingerprint density at radius 1 is 1.41 bits per heavy atom. The van der Waals surface area contributed by atoms with Gasteiger partial charge in [-0.1, -0.05) is 0 Å². The summed E-state index contributed by atoms with van der Waals surface area (Å²) in [5.74, 6) is -2.09. The second-order valence-electron chi connectivity index (χ2n) is 2.95. The molecule has 92 valence electrons. The standard InChI is InChI=1S/C10H13N3O4/c1-2-13(7-3-6-11)10(17)12-8(14)4-5-9(15)16/h4-5H,2-3,7H2,1H3,(H,15,16)(H,12,14,17)/b5-4+. The van der Waals surface area contributed by atoms with Crippen molar-refractivity contribution >= 4 is 17.9 Å². The topological polar surface area (TPSA) is 111 Å². The summed E-state index contributed by atoms with van der Waals surface area (Å²) >= 11 is 0. The molecule has 0 saturated carbocycles. The third kappa shape index (κ3) is 6.67. The third-order valence-corrected chi connectivity index (χ3v) is 1.77. The van der Waals surface area contributed by atoms with Gasteiger partial charge < -0.3 is 10.0 Å². The summed E-state index contributed by atoms with van der Waals surface area (Å²) in [6.45, 7) is 2.27. The predicted molar refractivity (Wildman–Crippen MR) is 57.8 cm³/mol. The number of carboxylic acid groups (broad SMARTS) is 1. The highest BCUT2D eigenvalue weighted by Crippen LogP contribution is 1.92. The molecular weight excluding hydrogens is 226 g/mol. The first-order chi connectivity index (χ1) is 8.01. The molecule has 0 aliphatic rings. The minimum absolute atomic E-state index is 0.167. The quantitative estimate of drug-likeness (QED) is 0.661. The maximum Gasteiger partial charge on any atom is 0.328 e. The van der Waals surface area contributed by atoms with Gasteiger partial charge in [0.15, 0.2) is 0 Å². The molecular formula is C10H13N3O4. The van der Waals surface area contributed by atoms with Gasteiger partial charge >= 0.3 is 12.0 Å². The lowest BCUT2D eigenvalue weighted by Gasteiger charge is -2.18. The smallest absolute Gasteiger partial charge is 0.328 e. The van der Waals surface area contributed by atoms with Gasteiger partial charge in [0.1, 0.15) is 0 Å². The molecule has 0 bridgehead atoms. The van der Waals surface area contributed by atoms with Crippen LogP contribution in [-0.2, 0) is 9.59 Å². The highest BCUT2D eigenvalue weighted by molar-refractivity contribution is 6.02. The molecule has 0 saturated heterocycles. The van der Waals surface area contributed by atoms with Crippen molar-refractivity contribution in [3.63, 3.8) is 0 Å². The van der Waals surface area contributed by atoms with E-state index in [9.17, 15) is 14.4 Å². The fourth-order valence-corrected chi connectivity index (χ4v) is 0.961. The lowest BCUT2D eigenvalue weighted by atomic mass is 10.4. The number of nitrogens with one attached hydrogen (secondary N) is 1. The largest absolute Gasteiger partial charge is 0.478 e. The zero-order valence-corrected chi connectivity index (χ0v) is 9.34. The first kappa shape index (κ1) is 14.6. The lowest BCUT2D eigenvalue weighted by Crippen LogP contribution is -2.42. The van der Waals surface area contributed by atoms with E-state index in [2.05, 4.69) is 0 Å². The number of urea groups is 1. The Labute approximate surface area is 98.3 Å². The first-order valence-electron chi connectivity index (χ1n) is 4.89. The summed E-state index contributed by atoms with van der Waals surface area (Å²) in [5.41, 5.74) is 0. The molecule has 0 spiro atoms. The van der Waals surface area contributed by atoms with Gasteiger partial charge in [0, 0.05) is 25.2 Å². The van der Waals surface area contributed by atoms with E-state index in [1.54, 1.807) is 6.92 Å². The van der Waals surface area contributed by atoms with Crippen LogP contribution in [0.4, 0.5) is 4.79 Å². The number of amides is 3. The van der Waals surface area contributed by atoms with Gasteiger partial charge in [0.2, 0.25) is 0 Å². The summed E-state index contributed by atoms with van der Waals surface area (Å²) in [7, 11) is 0. The summed E-state index contributed by atoms with van der Waals surface area (Å²) in [5, 5.41) is 18.6. The summed E-state index contributed by atoms with van der Waals surface area (Å²) in [4.78, 5) is 33.9. The second kappa shape index (κ2) is 7.87. The normalized spacial score (nSPS) is 9.65. The molecule has 7 nitrogen and oxygen atoms in total. The van der Waals surface area contributed by atoms with E-state index in [0.717, 1.165) is 6.08 Å². The Morgan fingerprint density at radius 2 is 2.06 bits per heavy atom. The lowest BCUT2D eigenvalue weighted by molar-refractivity contribution is -0.131. The minimum Gasteiger partial charge on any atom is -0.478 e. The van der Waals surface area contributed by atoms with Crippen LogP contribution in [0.5, 0.6) is 0 Å². The number of imide groups is 1. The monoisotopic (exact) mass is 239 g/mol. The Morgan fingerprint density at radius 3 is 2.53 bits per heavy atom. The van der Waals surface area contributed by atoms with Gasteiger partial charge in [-0.15, -0.1) is 0 Å². The van der Waals surface area contributed by atoms with Crippen LogP contribution in [0.25, 0.3) is 0 Å². The number of rotatable bonds is 5. The molecule has 17 heavy (non-hydrogen) atoms. The number of aliphatic carboxylic acids is 1. The van der Waals surface area contributed by atoms with Gasteiger partial charge in [0.25, 0.3) is 5.91 Å². The van der Waals surface area contributed by atoms with E-state index in [4.69, 9.17) is 10.4 Å². The molecule has 0 rings (SSSR count). The third-order valence-electron chi connectivity index (χ3n) is 1.77. The zero-order valence-electron chi connectivity index (χ0n) is 9.34. The molecule has 0 fully saturated rings. The average molecular weight is 239 g/mol. The van der Waals surface area contributed by atoms with Gasteiger partial charge in [-0.05, 0) is 6.92 Å². The minimum atomic E-state index is -1.27. The van der Waals surface area contributed by atoms with Gasteiger partial charge in [-0.3, -0.25) is 10.1 Å². The number of hydrogen-bond donors (Lipinski definition) is 2. The van der Waals surface area contributed by atoms with Crippen LogP contribution in [-0.4, -0.2) is 41.0 Å². The van der Waals surface area contributed by atoms with Crippen LogP contribution in [0, 0.1) is 11.3 Å².